The average molecular weight is 141 g/mol. The number of carbonyl (C=O) groups is 1. The molecular formula is C5H7N3O2. The van der Waals surface area contributed by atoms with Crippen LogP contribution in [0.4, 0.5) is 0 Å². The van der Waals surface area contributed by atoms with Crippen molar-refractivity contribution < 1.29 is 9.53 Å². The Bertz CT molecular complexity index is 207. The van der Waals surface area contributed by atoms with Gasteiger partial charge in [0.05, 0.1) is 7.11 Å². The molecule has 0 unspecified atom stereocenters. The smallest absolute Gasteiger partial charge is 0.327 e. The molecule has 0 bridgehead atoms. The number of methoxy groups -OCH3 is 1. The van der Waals surface area contributed by atoms with Crippen molar-refractivity contribution in [2.45, 2.75) is 6.54 Å². The molecule has 0 aliphatic heterocycles. The zero-order valence-electron chi connectivity index (χ0n) is 5.52. The minimum Gasteiger partial charge on any atom is -0.468 e. The number of esters is 1. The van der Waals surface area contributed by atoms with Crippen LogP contribution in [0.5, 0.6) is 0 Å². The normalized spacial score (nSPS) is 9.30. The number of rotatable bonds is 2. The molecule has 0 spiro atoms. The molecule has 1 heterocycles. The van der Waals surface area contributed by atoms with Gasteiger partial charge in [-0.3, -0.25) is 4.79 Å². The molecule has 10 heavy (non-hydrogen) atoms. The molecule has 5 nitrogen and oxygen atoms in total. The molecule has 0 N–H and O–H groups in total. The molecule has 0 aliphatic rings. The van der Waals surface area contributed by atoms with Gasteiger partial charge in [-0.1, -0.05) is 0 Å². The summed E-state index contributed by atoms with van der Waals surface area (Å²) in [4.78, 5) is 14.2. The van der Waals surface area contributed by atoms with E-state index in [0.29, 0.717) is 0 Å². The molecule has 0 saturated heterocycles. The lowest BCUT2D eigenvalue weighted by Gasteiger charge is -1.96. The molecule has 0 atom stereocenters. The lowest BCUT2D eigenvalue weighted by atomic mass is 10.7. The first-order chi connectivity index (χ1) is 4.83. The molecular weight excluding hydrogens is 134 g/mol. The van der Waals surface area contributed by atoms with Gasteiger partial charge in [-0.2, -0.15) is 5.10 Å². The molecule has 0 saturated carbocycles. The summed E-state index contributed by atoms with van der Waals surface area (Å²) < 4.78 is 5.79. The predicted molar refractivity (Wildman–Crippen MR) is 32.0 cm³/mol. The summed E-state index contributed by atoms with van der Waals surface area (Å²) in [5, 5.41) is 3.71. The Morgan fingerprint density at radius 3 is 3.10 bits per heavy atom. The van der Waals surface area contributed by atoms with Gasteiger partial charge in [0.2, 0.25) is 0 Å². The Hall–Kier alpha value is -1.39. The SMILES string of the molecule is COC(=O)Cn1cncn1. The van der Waals surface area contributed by atoms with Gasteiger partial charge >= 0.3 is 5.97 Å². The molecule has 0 fully saturated rings. The zero-order chi connectivity index (χ0) is 7.40. The van der Waals surface area contributed by atoms with Crippen LogP contribution >= 0.6 is 0 Å². The summed E-state index contributed by atoms with van der Waals surface area (Å²) in [7, 11) is 1.33. The van der Waals surface area contributed by atoms with Crippen molar-refractivity contribution in [3.63, 3.8) is 0 Å². The van der Waals surface area contributed by atoms with Crippen LogP contribution in [0.3, 0.4) is 0 Å². The van der Waals surface area contributed by atoms with Crippen LogP contribution in [0.15, 0.2) is 12.7 Å². The van der Waals surface area contributed by atoms with E-state index >= 15 is 0 Å². The number of nitrogens with zero attached hydrogens (tertiary/aromatic N) is 3. The summed E-state index contributed by atoms with van der Waals surface area (Å²) in [5.41, 5.74) is 0. The van der Waals surface area contributed by atoms with Crippen LogP contribution in [0.1, 0.15) is 0 Å². The van der Waals surface area contributed by atoms with E-state index in [1.165, 1.54) is 24.4 Å². The van der Waals surface area contributed by atoms with E-state index in [2.05, 4.69) is 14.8 Å². The fourth-order valence-corrected chi connectivity index (χ4v) is 0.511. The van der Waals surface area contributed by atoms with Crippen molar-refractivity contribution in [3.05, 3.63) is 12.7 Å². The van der Waals surface area contributed by atoms with Gasteiger partial charge in [-0.05, 0) is 0 Å². The molecule has 0 aromatic carbocycles. The molecule has 5 heteroatoms. The zero-order valence-corrected chi connectivity index (χ0v) is 5.52. The Kier molecular flexibility index (Phi) is 1.99. The van der Waals surface area contributed by atoms with Crippen LogP contribution < -0.4 is 0 Å². The lowest BCUT2D eigenvalue weighted by Crippen LogP contribution is -2.11. The van der Waals surface area contributed by atoms with Gasteiger partial charge in [-0.15, -0.1) is 0 Å². The standard InChI is InChI=1S/C5H7N3O2/c1-10-5(9)2-8-4-6-3-7-8/h3-4H,2H2,1H3. The van der Waals surface area contributed by atoms with Crippen LogP contribution in [-0.2, 0) is 16.1 Å². The summed E-state index contributed by atoms with van der Waals surface area (Å²) in [5.74, 6) is -0.328. The quantitative estimate of drug-likeness (QED) is 0.518. The van der Waals surface area contributed by atoms with Crippen molar-refractivity contribution in [2.75, 3.05) is 7.11 Å². The van der Waals surface area contributed by atoms with Crippen molar-refractivity contribution >= 4 is 5.97 Å². The highest BCUT2D eigenvalue weighted by atomic mass is 16.5. The minimum absolute atomic E-state index is 0.122. The number of hydrogen-bond donors (Lipinski definition) is 0. The van der Waals surface area contributed by atoms with Gasteiger partial charge < -0.3 is 4.74 Å². The lowest BCUT2D eigenvalue weighted by molar-refractivity contribution is -0.141. The highest BCUT2D eigenvalue weighted by Crippen LogP contribution is 1.81. The summed E-state index contributed by atoms with van der Waals surface area (Å²) in [6, 6.07) is 0. The summed E-state index contributed by atoms with van der Waals surface area (Å²) in [6.07, 6.45) is 2.82. The van der Waals surface area contributed by atoms with Gasteiger partial charge in [-0.25, -0.2) is 9.67 Å². The molecule has 0 radical (unpaired) electrons. The Morgan fingerprint density at radius 2 is 2.60 bits per heavy atom. The molecule has 0 aliphatic carbocycles. The second-order valence-electron chi connectivity index (χ2n) is 1.67. The van der Waals surface area contributed by atoms with E-state index in [4.69, 9.17) is 0 Å². The number of carbonyl (C=O) groups excluding carboxylic acids is 1. The average Bonchev–Trinajstić information content (AvgIpc) is 2.40. The second kappa shape index (κ2) is 2.95. The van der Waals surface area contributed by atoms with Crippen molar-refractivity contribution in [1.29, 1.82) is 0 Å². The minimum atomic E-state index is -0.328. The second-order valence-corrected chi connectivity index (χ2v) is 1.67. The summed E-state index contributed by atoms with van der Waals surface area (Å²) in [6.45, 7) is 0.122. The van der Waals surface area contributed by atoms with Crippen molar-refractivity contribution in [1.82, 2.24) is 14.8 Å². The molecule has 0 amide bonds. The maximum atomic E-state index is 10.6. The molecule has 54 valence electrons. The Morgan fingerprint density at radius 1 is 1.80 bits per heavy atom. The van der Waals surface area contributed by atoms with Gasteiger partial charge in [0.15, 0.2) is 0 Å². The number of ether oxygens (including phenoxy) is 1. The first kappa shape index (κ1) is 6.73. The van der Waals surface area contributed by atoms with E-state index in [0.717, 1.165) is 0 Å². The topological polar surface area (TPSA) is 57.0 Å². The van der Waals surface area contributed by atoms with Crippen LogP contribution in [0.25, 0.3) is 0 Å². The van der Waals surface area contributed by atoms with Gasteiger partial charge in [0, 0.05) is 0 Å². The summed E-state index contributed by atoms with van der Waals surface area (Å²) >= 11 is 0. The number of hydrogen-bond acceptors (Lipinski definition) is 4. The highest BCUT2D eigenvalue weighted by Gasteiger charge is 1.99. The maximum Gasteiger partial charge on any atom is 0.327 e. The third-order valence-electron chi connectivity index (χ3n) is 0.985. The van der Waals surface area contributed by atoms with E-state index in [-0.39, 0.29) is 12.5 Å². The van der Waals surface area contributed by atoms with Crippen LogP contribution in [-0.4, -0.2) is 27.8 Å². The molecule has 1 aromatic rings. The fourth-order valence-electron chi connectivity index (χ4n) is 0.511. The predicted octanol–water partition coefficient (Wildman–Crippen LogP) is -0.549. The fraction of sp³-hybridized carbons (Fsp3) is 0.400. The monoisotopic (exact) mass is 141 g/mol. The third-order valence-corrected chi connectivity index (χ3v) is 0.985. The van der Waals surface area contributed by atoms with Gasteiger partial charge in [0.25, 0.3) is 0 Å². The first-order valence-corrected chi connectivity index (χ1v) is 2.72. The van der Waals surface area contributed by atoms with E-state index in [9.17, 15) is 4.79 Å². The number of aromatic nitrogens is 3. The maximum absolute atomic E-state index is 10.6. The van der Waals surface area contributed by atoms with Crippen LogP contribution in [0.2, 0.25) is 0 Å². The van der Waals surface area contributed by atoms with Gasteiger partial charge in [0.1, 0.15) is 19.2 Å². The molecule has 1 aromatic heterocycles. The Labute approximate surface area is 57.6 Å². The highest BCUT2D eigenvalue weighted by molar-refractivity contribution is 5.68. The largest absolute Gasteiger partial charge is 0.468 e. The van der Waals surface area contributed by atoms with E-state index in [1.54, 1.807) is 0 Å². The third kappa shape index (κ3) is 1.54. The van der Waals surface area contributed by atoms with Crippen molar-refractivity contribution in [3.8, 4) is 0 Å². The Balaban J connectivity index is 2.48. The van der Waals surface area contributed by atoms with E-state index < -0.39 is 0 Å². The van der Waals surface area contributed by atoms with E-state index in [1.807, 2.05) is 0 Å². The van der Waals surface area contributed by atoms with Crippen molar-refractivity contribution in [2.24, 2.45) is 0 Å². The first-order valence-electron chi connectivity index (χ1n) is 2.72. The van der Waals surface area contributed by atoms with Crippen LogP contribution in [0, 0.1) is 0 Å². The molecule has 1 rings (SSSR count).